The first kappa shape index (κ1) is 14.8. The molecule has 0 aliphatic heterocycles. The van der Waals surface area contributed by atoms with E-state index in [1.54, 1.807) is 0 Å². The highest BCUT2D eigenvalue weighted by Gasteiger charge is 2.15. The van der Waals surface area contributed by atoms with Crippen molar-refractivity contribution in [3.8, 4) is 5.88 Å². The van der Waals surface area contributed by atoms with Crippen molar-refractivity contribution >= 4 is 21.7 Å². The van der Waals surface area contributed by atoms with Crippen LogP contribution in [0.4, 0.5) is 5.82 Å². The summed E-state index contributed by atoms with van der Waals surface area (Å²) < 4.78 is 6.91. The number of hydrogen-bond donors (Lipinski definition) is 1. The van der Waals surface area contributed by atoms with E-state index in [9.17, 15) is 0 Å². The van der Waals surface area contributed by atoms with Crippen molar-refractivity contribution in [3.63, 3.8) is 0 Å². The van der Waals surface area contributed by atoms with E-state index < -0.39 is 0 Å². The van der Waals surface area contributed by atoms with Crippen LogP contribution in [0.25, 0.3) is 0 Å². The van der Waals surface area contributed by atoms with Gasteiger partial charge in [0.15, 0.2) is 0 Å². The summed E-state index contributed by atoms with van der Waals surface area (Å²) in [5.74, 6) is 1.75. The minimum Gasteiger partial charge on any atom is -0.472 e. The molecule has 106 valence electrons. The molecule has 0 aliphatic carbocycles. The Morgan fingerprint density at radius 3 is 2.75 bits per heavy atom. The van der Waals surface area contributed by atoms with Crippen molar-refractivity contribution in [3.05, 3.63) is 46.2 Å². The number of aromatic nitrogens is 2. The highest BCUT2D eigenvalue weighted by molar-refractivity contribution is 9.10. The zero-order chi connectivity index (χ0) is 14.5. The number of ether oxygens (including phenoxy) is 1. The van der Waals surface area contributed by atoms with Gasteiger partial charge in [-0.25, -0.2) is 9.97 Å². The summed E-state index contributed by atoms with van der Waals surface area (Å²) in [6.07, 6.45) is 1.52. The third kappa shape index (κ3) is 3.48. The van der Waals surface area contributed by atoms with Crippen LogP contribution in [0.2, 0.25) is 0 Å². The third-order valence-electron chi connectivity index (χ3n) is 2.93. The van der Waals surface area contributed by atoms with Crippen molar-refractivity contribution in [2.45, 2.75) is 26.4 Å². The van der Waals surface area contributed by atoms with Gasteiger partial charge in [-0.3, -0.25) is 0 Å². The quantitative estimate of drug-likeness (QED) is 0.897. The Balaban J connectivity index is 2.21. The average molecular weight is 336 g/mol. The largest absolute Gasteiger partial charge is 0.472 e. The molecule has 1 aromatic heterocycles. The summed E-state index contributed by atoms with van der Waals surface area (Å²) in [5.41, 5.74) is 2.10. The van der Waals surface area contributed by atoms with Gasteiger partial charge in [0, 0.05) is 11.5 Å². The van der Waals surface area contributed by atoms with Crippen molar-refractivity contribution in [2.75, 3.05) is 12.4 Å². The molecule has 1 N–H and O–H groups in total. The normalized spacial score (nSPS) is 10.7. The first-order valence-electron chi connectivity index (χ1n) is 6.51. The van der Waals surface area contributed by atoms with E-state index >= 15 is 0 Å². The summed E-state index contributed by atoms with van der Waals surface area (Å²) in [4.78, 5) is 8.50. The number of nitrogens with one attached hydrogen (secondary N) is 1. The van der Waals surface area contributed by atoms with Crippen LogP contribution >= 0.6 is 15.9 Å². The fourth-order valence-corrected chi connectivity index (χ4v) is 2.44. The highest BCUT2D eigenvalue weighted by Crippen LogP contribution is 2.30. The third-order valence-corrected chi connectivity index (χ3v) is 3.42. The summed E-state index contributed by atoms with van der Waals surface area (Å²) in [7, 11) is 1.85. The molecule has 1 aromatic carbocycles. The minimum absolute atomic E-state index is 0.288. The van der Waals surface area contributed by atoms with Crippen molar-refractivity contribution in [1.82, 2.24) is 9.97 Å². The SMILES string of the molecule is CNc1ncnc(OCc2cccc(Br)c2)c1C(C)C. The first-order valence-corrected chi connectivity index (χ1v) is 7.31. The van der Waals surface area contributed by atoms with Gasteiger partial charge < -0.3 is 10.1 Å². The van der Waals surface area contributed by atoms with Gasteiger partial charge in [-0.1, -0.05) is 41.9 Å². The Morgan fingerprint density at radius 1 is 1.30 bits per heavy atom. The van der Waals surface area contributed by atoms with Crippen LogP contribution in [-0.4, -0.2) is 17.0 Å². The molecular formula is C15H18BrN3O. The predicted molar refractivity (Wildman–Crippen MR) is 84.1 cm³/mol. The molecule has 0 spiro atoms. The lowest BCUT2D eigenvalue weighted by molar-refractivity contribution is 0.288. The second-order valence-corrected chi connectivity index (χ2v) is 5.68. The van der Waals surface area contributed by atoms with E-state index in [0.717, 1.165) is 21.4 Å². The van der Waals surface area contributed by atoms with Crippen LogP contribution < -0.4 is 10.1 Å². The molecule has 2 rings (SSSR count). The predicted octanol–water partition coefficient (Wildman–Crippen LogP) is 3.98. The van der Waals surface area contributed by atoms with Crippen molar-refractivity contribution < 1.29 is 4.74 Å². The second-order valence-electron chi connectivity index (χ2n) is 4.76. The van der Waals surface area contributed by atoms with E-state index in [-0.39, 0.29) is 5.92 Å². The van der Waals surface area contributed by atoms with Gasteiger partial charge in [0.1, 0.15) is 18.8 Å². The lowest BCUT2D eigenvalue weighted by atomic mass is 10.1. The molecule has 4 nitrogen and oxygen atoms in total. The maximum atomic E-state index is 5.87. The van der Waals surface area contributed by atoms with Gasteiger partial charge >= 0.3 is 0 Å². The zero-order valence-electron chi connectivity index (χ0n) is 11.9. The van der Waals surface area contributed by atoms with E-state index in [0.29, 0.717) is 12.5 Å². The molecule has 5 heteroatoms. The van der Waals surface area contributed by atoms with Crippen LogP contribution in [0.3, 0.4) is 0 Å². The fourth-order valence-electron chi connectivity index (χ4n) is 1.99. The molecule has 20 heavy (non-hydrogen) atoms. The van der Waals surface area contributed by atoms with Crippen LogP contribution in [0.1, 0.15) is 30.9 Å². The smallest absolute Gasteiger partial charge is 0.222 e. The molecular weight excluding hydrogens is 318 g/mol. The van der Waals surface area contributed by atoms with E-state index in [2.05, 4.69) is 45.1 Å². The molecule has 2 aromatic rings. The summed E-state index contributed by atoms with van der Waals surface area (Å²) >= 11 is 3.46. The van der Waals surface area contributed by atoms with E-state index in [1.165, 1.54) is 6.33 Å². The number of rotatable bonds is 5. The number of nitrogens with zero attached hydrogens (tertiary/aromatic N) is 2. The molecule has 0 saturated carbocycles. The van der Waals surface area contributed by atoms with Gasteiger partial charge in [0.25, 0.3) is 0 Å². The molecule has 0 saturated heterocycles. The van der Waals surface area contributed by atoms with Gasteiger partial charge in [-0.15, -0.1) is 0 Å². The van der Waals surface area contributed by atoms with Crippen LogP contribution in [-0.2, 0) is 6.61 Å². The Kier molecular flexibility index (Phi) is 4.95. The fraction of sp³-hybridized carbons (Fsp3) is 0.333. The lowest BCUT2D eigenvalue weighted by Crippen LogP contribution is -2.07. The summed E-state index contributed by atoms with van der Waals surface area (Å²) in [6, 6.07) is 8.05. The van der Waals surface area contributed by atoms with Crippen molar-refractivity contribution in [1.29, 1.82) is 0 Å². The number of benzene rings is 1. The zero-order valence-corrected chi connectivity index (χ0v) is 13.4. The van der Waals surface area contributed by atoms with Crippen molar-refractivity contribution in [2.24, 2.45) is 0 Å². The standard InChI is InChI=1S/C15H18BrN3O/c1-10(2)13-14(17-3)18-9-19-15(13)20-8-11-5-4-6-12(16)7-11/h4-7,9-10H,8H2,1-3H3,(H,17,18,19). The van der Waals surface area contributed by atoms with Gasteiger partial charge in [-0.2, -0.15) is 0 Å². The molecule has 0 atom stereocenters. The molecule has 0 amide bonds. The number of halogens is 1. The summed E-state index contributed by atoms with van der Waals surface area (Å²) in [5, 5.41) is 3.09. The first-order chi connectivity index (χ1) is 9.61. The second kappa shape index (κ2) is 6.70. The maximum Gasteiger partial charge on any atom is 0.222 e. The lowest BCUT2D eigenvalue weighted by Gasteiger charge is -2.15. The van der Waals surface area contributed by atoms with E-state index in [1.807, 2.05) is 31.3 Å². The molecule has 0 radical (unpaired) electrons. The Morgan fingerprint density at radius 2 is 2.10 bits per heavy atom. The highest BCUT2D eigenvalue weighted by atomic mass is 79.9. The summed E-state index contributed by atoms with van der Waals surface area (Å²) in [6.45, 7) is 4.69. The molecule has 0 unspecified atom stereocenters. The number of hydrogen-bond acceptors (Lipinski definition) is 4. The average Bonchev–Trinajstić information content (AvgIpc) is 2.44. The topological polar surface area (TPSA) is 47.0 Å². The van der Waals surface area contributed by atoms with Crippen LogP contribution in [0, 0.1) is 0 Å². The van der Waals surface area contributed by atoms with E-state index in [4.69, 9.17) is 4.74 Å². The Bertz CT molecular complexity index is 587. The molecule has 0 fully saturated rings. The van der Waals surface area contributed by atoms with Gasteiger partial charge in [0.05, 0.1) is 5.56 Å². The van der Waals surface area contributed by atoms with Crippen LogP contribution in [0.5, 0.6) is 5.88 Å². The monoisotopic (exact) mass is 335 g/mol. The Labute approximate surface area is 127 Å². The van der Waals surface area contributed by atoms with Gasteiger partial charge in [0.2, 0.25) is 5.88 Å². The molecule has 0 bridgehead atoms. The maximum absolute atomic E-state index is 5.87. The Hall–Kier alpha value is -1.62. The molecule has 0 aliphatic rings. The minimum atomic E-state index is 0.288. The number of anilines is 1. The molecule has 1 heterocycles. The van der Waals surface area contributed by atoms with Crippen LogP contribution in [0.15, 0.2) is 35.1 Å². The van der Waals surface area contributed by atoms with Gasteiger partial charge in [-0.05, 0) is 23.6 Å².